The predicted octanol–water partition coefficient (Wildman–Crippen LogP) is 3.69. The molecule has 4 rings (SSSR count). The summed E-state index contributed by atoms with van der Waals surface area (Å²) in [6, 6.07) is 18.6. The van der Waals surface area contributed by atoms with Crippen LogP contribution in [0.25, 0.3) is 10.9 Å². The molecule has 0 unspecified atom stereocenters. The Morgan fingerprint density at radius 2 is 1.79 bits per heavy atom. The molecule has 1 amide bonds. The van der Waals surface area contributed by atoms with Crippen LogP contribution in [0, 0.1) is 6.92 Å². The monoisotopic (exact) mass is 374 g/mol. The predicted molar refractivity (Wildman–Crippen MR) is 115 cm³/mol. The van der Waals surface area contributed by atoms with Crippen molar-refractivity contribution >= 4 is 28.2 Å². The van der Waals surface area contributed by atoms with Crippen LogP contribution in [-0.4, -0.2) is 48.5 Å². The highest BCUT2D eigenvalue weighted by Crippen LogP contribution is 2.23. The van der Waals surface area contributed by atoms with E-state index in [1.807, 2.05) is 29.3 Å². The van der Waals surface area contributed by atoms with Gasteiger partial charge < -0.3 is 15.1 Å². The number of para-hydroxylation sites is 2. The lowest BCUT2D eigenvalue weighted by Crippen LogP contribution is -2.49. The van der Waals surface area contributed by atoms with Crippen LogP contribution in [0.3, 0.4) is 0 Å². The van der Waals surface area contributed by atoms with E-state index >= 15 is 0 Å². The van der Waals surface area contributed by atoms with Gasteiger partial charge in [0.1, 0.15) is 0 Å². The van der Waals surface area contributed by atoms with Crippen molar-refractivity contribution in [2.75, 3.05) is 42.9 Å². The number of anilines is 2. The normalized spacial score (nSPS) is 14.3. The minimum atomic E-state index is 0.217. The van der Waals surface area contributed by atoms with Crippen LogP contribution in [0.15, 0.2) is 60.8 Å². The van der Waals surface area contributed by atoms with Gasteiger partial charge in [0.25, 0.3) is 0 Å². The molecule has 2 heterocycles. The van der Waals surface area contributed by atoms with E-state index in [1.165, 1.54) is 5.69 Å². The van der Waals surface area contributed by atoms with Crippen molar-refractivity contribution in [3.8, 4) is 0 Å². The van der Waals surface area contributed by atoms with Crippen molar-refractivity contribution < 1.29 is 4.79 Å². The number of fused-ring (bicyclic) bond motifs is 1. The smallest absolute Gasteiger partial charge is 0.224 e. The van der Waals surface area contributed by atoms with Crippen LogP contribution in [0.4, 0.5) is 11.4 Å². The number of aryl methyl sites for hydroxylation is 1. The SMILES string of the molecule is Cc1cccc2c(NCCC(=O)N3CCN(c4ccccc4)CC3)ccnc12. The highest BCUT2D eigenvalue weighted by atomic mass is 16.2. The fraction of sp³-hybridized carbons (Fsp3) is 0.304. The Morgan fingerprint density at radius 3 is 2.57 bits per heavy atom. The van der Waals surface area contributed by atoms with Crippen molar-refractivity contribution in [2.45, 2.75) is 13.3 Å². The average molecular weight is 374 g/mol. The molecule has 0 aliphatic carbocycles. The Kier molecular flexibility index (Phi) is 5.42. The van der Waals surface area contributed by atoms with Crippen LogP contribution in [0.2, 0.25) is 0 Å². The summed E-state index contributed by atoms with van der Waals surface area (Å²) in [5.74, 6) is 0.217. The maximum Gasteiger partial charge on any atom is 0.224 e. The fourth-order valence-corrected chi connectivity index (χ4v) is 3.79. The van der Waals surface area contributed by atoms with E-state index in [2.05, 4.69) is 58.5 Å². The van der Waals surface area contributed by atoms with Crippen molar-refractivity contribution in [3.63, 3.8) is 0 Å². The summed E-state index contributed by atoms with van der Waals surface area (Å²) >= 11 is 0. The lowest BCUT2D eigenvalue weighted by atomic mass is 10.1. The summed E-state index contributed by atoms with van der Waals surface area (Å²) in [6.07, 6.45) is 2.32. The van der Waals surface area contributed by atoms with Gasteiger partial charge in [0.05, 0.1) is 5.52 Å². The van der Waals surface area contributed by atoms with E-state index in [-0.39, 0.29) is 5.91 Å². The molecule has 144 valence electrons. The van der Waals surface area contributed by atoms with Gasteiger partial charge in [-0.15, -0.1) is 0 Å². The minimum absolute atomic E-state index is 0.217. The van der Waals surface area contributed by atoms with E-state index in [9.17, 15) is 4.79 Å². The van der Waals surface area contributed by atoms with Crippen LogP contribution in [-0.2, 0) is 4.79 Å². The van der Waals surface area contributed by atoms with Gasteiger partial charge in [-0.1, -0.05) is 36.4 Å². The third-order valence-electron chi connectivity index (χ3n) is 5.38. The van der Waals surface area contributed by atoms with E-state index in [4.69, 9.17) is 0 Å². The van der Waals surface area contributed by atoms with Gasteiger partial charge in [0.2, 0.25) is 5.91 Å². The molecule has 28 heavy (non-hydrogen) atoms. The van der Waals surface area contributed by atoms with Gasteiger partial charge in [0.15, 0.2) is 0 Å². The first kappa shape index (κ1) is 18.3. The molecule has 2 aromatic carbocycles. The first-order valence-corrected chi connectivity index (χ1v) is 9.88. The Labute approximate surface area is 166 Å². The maximum atomic E-state index is 12.6. The lowest BCUT2D eigenvalue weighted by Gasteiger charge is -2.36. The Hall–Kier alpha value is -3.08. The first-order chi connectivity index (χ1) is 13.7. The molecular formula is C23H26N4O. The summed E-state index contributed by atoms with van der Waals surface area (Å²) < 4.78 is 0. The number of rotatable bonds is 5. The second-order valence-electron chi connectivity index (χ2n) is 7.21. The third-order valence-corrected chi connectivity index (χ3v) is 5.38. The van der Waals surface area contributed by atoms with Crippen LogP contribution < -0.4 is 10.2 Å². The summed E-state index contributed by atoms with van der Waals surface area (Å²) in [5, 5.41) is 4.52. The van der Waals surface area contributed by atoms with Crippen molar-refractivity contribution in [2.24, 2.45) is 0 Å². The largest absolute Gasteiger partial charge is 0.384 e. The molecule has 0 spiro atoms. The van der Waals surface area contributed by atoms with Gasteiger partial charge in [-0.25, -0.2) is 0 Å². The lowest BCUT2D eigenvalue weighted by molar-refractivity contribution is -0.131. The van der Waals surface area contributed by atoms with E-state index in [0.717, 1.165) is 48.3 Å². The minimum Gasteiger partial charge on any atom is -0.384 e. The van der Waals surface area contributed by atoms with Gasteiger partial charge in [0, 0.05) is 62.1 Å². The zero-order valence-corrected chi connectivity index (χ0v) is 16.3. The molecule has 5 nitrogen and oxygen atoms in total. The molecule has 0 radical (unpaired) electrons. The summed E-state index contributed by atoms with van der Waals surface area (Å²) in [4.78, 5) is 21.4. The quantitative estimate of drug-likeness (QED) is 0.740. The topological polar surface area (TPSA) is 48.5 Å². The van der Waals surface area contributed by atoms with Gasteiger partial charge in [-0.05, 0) is 30.7 Å². The Morgan fingerprint density at radius 1 is 1.00 bits per heavy atom. The first-order valence-electron chi connectivity index (χ1n) is 9.88. The number of nitrogens with zero attached hydrogens (tertiary/aromatic N) is 3. The molecule has 1 aromatic heterocycles. The second kappa shape index (κ2) is 8.30. The number of benzene rings is 2. The van der Waals surface area contributed by atoms with Gasteiger partial charge in [-0.2, -0.15) is 0 Å². The third kappa shape index (κ3) is 3.93. The number of piperazine rings is 1. The summed E-state index contributed by atoms with van der Waals surface area (Å²) in [6.45, 7) is 6.04. The molecule has 0 bridgehead atoms. The molecule has 1 aliphatic rings. The zero-order valence-electron chi connectivity index (χ0n) is 16.3. The average Bonchev–Trinajstić information content (AvgIpc) is 2.75. The van der Waals surface area contributed by atoms with E-state index in [0.29, 0.717) is 13.0 Å². The van der Waals surface area contributed by atoms with Crippen molar-refractivity contribution in [3.05, 3.63) is 66.4 Å². The zero-order chi connectivity index (χ0) is 19.3. The van der Waals surface area contributed by atoms with Gasteiger partial charge in [-0.3, -0.25) is 9.78 Å². The maximum absolute atomic E-state index is 12.6. The fourth-order valence-electron chi connectivity index (χ4n) is 3.79. The van der Waals surface area contributed by atoms with Crippen LogP contribution in [0.1, 0.15) is 12.0 Å². The Balaban J connectivity index is 1.29. The number of nitrogens with one attached hydrogen (secondary N) is 1. The van der Waals surface area contributed by atoms with Gasteiger partial charge >= 0.3 is 0 Å². The molecule has 1 saturated heterocycles. The number of carbonyl (C=O) groups is 1. The molecule has 3 aromatic rings. The molecule has 1 N–H and O–H groups in total. The van der Waals surface area contributed by atoms with E-state index in [1.54, 1.807) is 0 Å². The van der Waals surface area contributed by atoms with Crippen molar-refractivity contribution in [1.82, 2.24) is 9.88 Å². The summed E-state index contributed by atoms with van der Waals surface area (Å²) in [5.41, 5.74) is 4.44. The number of hydrogen-bond acceptors (Lipinski definition) is 4. The number of amides is 1. The number of hydrogen-bond donors (Lipinski definition) is 1. The summed E-state index contributed by atoms with van der Waals surface area (Å²) in [7, 11) is 0. The standard InChI is InChI=1S/C23H26N4O/c1-18-6-5-9-20-21(10-12-25-23(18)20)24-13-11-22(28)27-16-14-26(15-17-27)19-7-3-2-4-8-19/h2-10,12H,11,13-17H2,1H3,(H,24,25). The molecule has 0 atom stereocenters. The molecule has 0 saturated carbocycles. The molecular weight excluding hydrogens is 348 g/mol. The second-order valence-corrected chi connectivity index (χ2v) is 7.21. The number of carbonyl (C=O) groups excluding carboxylic acids is 1. The van der Waals surface area contributed by atoms with Crippen molar-refractivity contribution in [1.29, 1.82) is 0 Å². The van der Waals surface area contributed by atoms with E-state index < -0.39 is 0 Å². The molecule has 5 heteroatoms. The number of pyridine rings is 1. The highest BCUT2D eigenvalue weighted by molar-refractivity contribution is 5.93. The Bertz CT molecular complexity index is 949. The van der Waals surface area contributed by atoms with Crippen LogP contribution >= 0.6 is 0 Å². The number of aromatic nitrogens is 1. The molecule has 1 aliphatic heterocycles. The van der Waals surface area contributed by atoms with Crippen LogP contribution in [0.5, 0.6) is 0 Å². The molecule has 1 fully saturated rings. The highest BCUT2D eigenvalue weighted by Gasteiger charge is 2.20.